The molecule has 0 bridgehead atoms. The molecule has 0 saturated heterocycles. The molecular formula is C9H6N2O2. The molecule has 4 heteroatoms. The molecule has 0 aromatic heterocycles. The molecular weight excluding hydrogens is 168 g/mol. The van der Waals surface area contributed by atoms with Gasteiger partial charge in [-0.1, -0.05) is 30.3 Å². The number of nitro groups is 1. The average molecular weight is 174 g/mol. The smallest absolute Gasteiger partial charge is 0.252 e. The topological polar surface area (TPSA) is 66.9 Å². The predicted octanol–water partition coefficient (Wildman–Crippen LogP) is 1.83. The second-order valence-corrected chi connectivity index (χ2v) is 2.31. The van der Waals surface area contributed by atoms with Gasteiger partial charge in [-0.25, -0.2) is 0 Å². The third kappa shape index (κ3) is 2.42. The first-order chi connectivity index (χ1) is 6.24. The molecule has 13 heavy (non-hydrogen) atoms. The number of nitriles is 1. The Kier molecular flexibility index (Phi) is 2.77. The molecule has 0 amide bonds. The number of hydrogen-bond donors (Lipinski definition) is 0. The van der Waals surface area contributed by atoms with Crippen molar-refractivity contribution in [3.05, 3.63) is 52.2 Å². The second kappa shape index (κ2) is 4.02. The van der Waals surface area contributed by atoms with Crippen molar-refractivity contribution in [3.63, 3.8) is 0 Å². The van der Waals surface area contributed by atoms with Crippen LogP contribution < -0.4 is 0 Å². The minimum atomic E-state index is -0.633. The molecule has 0 heterocycles. The summed E-state index contributed by atoms with van der Waals surface area (Å²) in [5, 5.41) is 18.7. The molecule has 64 valence electrons. The summed E-state index contributed by atoms with van der Waals surface area (Å²) in [5.41, 5.74) is 0.618. The lowest BCUT2D eigenvalue weighted by Gasteiger charge is -1.93. The van der Waals surface area contributed by atoms with Crippen LogP contribution >= 0.6 is 0 Å². The molecule has 1 aromatic rings. The van der Waals surface area contributed by atoms with E-state index in [9.17, 15) is 10.1 Å². The highest BCUT2D eigenvalue weighted by molar-refractivity contribution is 5.75. The largest absolute Gasteiger partial charge is 0.259 e. The lowest BCUT2D eigenvalue weighted by atomic mass is 10.1. The lowest BCUT2D eigenvalue weighted by molar-refractivity contribution is -0.401. The van der Waals surface area contributed by atoms with Crippen LogP contribution in [-0.2, 0) is 0 Å². The van der Waals surface area contributed by atoms with Crippen molar-refractivity contribution in [3.8, 4) is 6.07 Å². The molecule has 0 spiro atoms. The van der Waals surface area contributed by atoms with E-state index in [0.717, 1.165) is 0 Å². The van der Waals surface area contributed by atoms with E-state index in [2.05, 4.69) is 0 Å². The molecule has 0 N–H and O–H groups in total. The molecule has 1 rings (SSSR count). The summed E-state index contributed by atoms with van der Waals surface area (Å²) in [7, 11) is 0. The summed E-state index contributed by atoms with van der Waals surface area (Å²) in [5.74, 6) is 0. The summed E-state index contributed by atoms with van der Waals surface area (Å²) in [6.07, 6.45) is 0.704. The standard InChI is InChI=1S/C9H6N2O2/c10-6-9(7-11(12)13)8-4-2-1-3-5-8/h1-5,7H/b9-7-. The Labute approximate surface area is 74.9 Å². The summed E-state index contributed by atoms with van der Waals surface area (Å²) >= 11 is 0. The van der Waals surface area contributed by atoms with Crippen molar-refractivity contribution in [1.82, 2.24) is 0 Å². The molecule has 0 aliphatic rings. The van der Waals surface area contributed by atoms with Crippen LogP contribution in [0.3, 0.4) is 0 Å². The predicted molar refractivity (Wildman–Crippen MR) is 47.0 cm³/mol. The number of benzene rings is 1. The number of rotatable bonds is 2. The van der Waals surface area contributed by atoms with Gasteiger partial charge in [-0.2, -0.15) is 5.26 Å². The summed E-state index contributed by atoms with van der Waals surface area (Å²) in [6.45, 7) is 0. The fourth-order valence-corrected chi connectivity index (χ4v) is 0.891. The minimum absolute atomic E-state index is 0.0607. The van der Waals surface area contributed by atoms with Crippen molar-refractivity contribution in [1.29, 1.82) is 5.26 Å². The van der Waals surface area contributed by atoms with E-state index >= 15 is 0 Å². The van der Waals surface area contributed by atoms with Crippen LogP contribution in [0.5, 0.6) is 0 Å². The van der Waals surface area contributed by atoms with Crippen molar-refractivity contribution >= 4 is 5.57 Å². The molecule has 0 fully saturated rings. The fourth-order valence-electron chi connectivity index (χ4n) is 0.891. The van der Waals surface area contributed by atoms with Crippen molar-refractivity contribution in [2.75, 3.05) is 0 Å². The summed E-state index contributed by atoms with van der Waals surface area (Å²) in [6, 6.07) is 10.3. The molecule has 0 saturated carbocycles. The van der Waals surface area contributed by atoms with Crippen LogP contribution in [-0.4, -0.2) is 4.92 Å². The lowest BCUT2D eigenvalue weighted by Crippen LogP contribution is -1.88. The maximum absolute atomic E-state index is 10.1. The molecule has 4 nitrogen and oxygen atoms in total. The SMILES string of the molecule is N#C/C(=C/[N+](=O)[O-])c1ccccc1. The van der Waals surface area contributed by atoms with E-state index in [1.54, 1.807) is 36.4 Å². The van der Waals surface area contributed by atoms with Gasteiger partial charge in [0.25, 0.3) is 6.20 Å². The quantitative estimate of drug-likeness (QED) is 0.390. The Morgan fingerprint density at radius 3 is 2.54 bits per heavy atom. The molecule has 0 radical (unpaired) electrons. The highest BCUT2D eigenvalue weighted by atomic mass is 16.6. The first-order valence-corrected chi connectivity index (χ1v) is 3.55. The van der Waals surface area contributed by atoms with E-state index in [1.807, 2.05) is 0 Å². The van der Waals surface area contributed by atoms with E-state index in [4.69, 9.17) is 5.26 Å². The fraction of sp³-hybridized carbons (Fsp3) is 0. The normalized spacial score (nSPS) is 10.5. The van der Waals surface area contributed by atoms with Gasteiger partial charge < -0.3 is 0 Å². The average Bonchev–Trinajstić information content (AvgIpc) is 2.15. The van der Waals surface area contributed by atoms with Crippen molar-refractivity contribution in [2.45, 2.75) is 0 Å². The van der Waals surface area contributed by atoms with Gasteiger partial charge in [0.1, 0.15) is 11.6 Å². The third-order valence-corrected chi connectivity index (χ3v) is 1.44. The Balaban J connectivity index is 3.07. The highest BCUT2D eigenvalue weighted by Crippen LogP contribution is 2.11. The highest BCUT2D eigenvalue weighted by Gasteiger charge is 2.03. The molecule has 0 aliphatic carbocycles. The third-order valence-electron chi connectivity index (χ3n) is 1.44. The van der Waals surface area contributed by atoms with Gasteiger partial charge in [0.2, 0.25) is 0 Å². The van der Waals surface area contributed by atoms with E-state index in [-0.39, 0.29) is 5.57 Å². The van der Waals surface area contributed by atoms with Gasteiger partial charge >= 0.3 is 0 Å². The Hall–Kier alpha value is -2.15. The van der Waals surface area contributed by atoms with Crippen LogP contribution in [0.25, 0.3) is 5.57 Å². The molecule has 0 aliphatic heterocycles. The Morgan fingerprint density at radius 2 is 2.08 bits per heavy atom. The van der Waals surface area contributed by atoms with Gasteiger partial charge in [-0.15, -0.1) is 0 Å². The zero-order valence-corrected chi connectivity index (χ0v) is 6.68. The van der Waals surface area contributed by atoms with Crippen molar-refractivity contribution in [2.24, 2.45) is 0 Å². The van der Waals surface area contributed by atoms with E-state index < -0.39 is 4.92 Å². The van der Waals surface area contributed by atoms with Gasteiger partial charge in [0.15, 0.2) is 0 Å². The zero-order valence-electron chi connectivity index (χ0n) is 6.68. The van der Waals surface area contributed by atoms with Gasteiger partial charge in [-0.05, 0) is 5.56 Å². The molecule has 0 atom stereocenters. The maximum atomic E-state index is 10.1. The van der Waals surface area contributed by atoms with Gasteiger partial charge in [0, 0.05) is 0 Å². The molecule has 1 aromatic carbocycles. The summed E-state index contributed by atoms with van der Waals surface area (Å²) < 4.78 is 0. The van der Waals surface area contributed by atoms with E-state index in [1.165, 1.54) is 0 Å². The summed E-state index contributed by atoms with van der Waals surface area (Å²) in [4.78, 5) is 9.49. The molecule has 0 unspecified atom stereocenters. The number of hydrogen-bond acceptors (Lipinski definition) is 3. The van der Waals surface area contributed by atoms with Crippen LogP contribution in [0.15, 0.2) is 36.5 Å². The minimum Gasteiger partial charge on any atom is -0.259 e. The zero-order chi connectivity index (χ0) is 9.68. The van der Waals surface area contributed by atoms with Gasteiger partial charge in [0.05, 0.1) is 4.92 Å². The van der Waals surface area contributed by atoms with Crippen LogP contribution in [0.1, 0.15) is 5.56 Å². The monoisotopic (exact) mass is 174 g/mol. The van der Waals surface area contributed by atoms with E-state index in [0.29, 0.717) is 11.8 Å². The van der Waals surface area contributed by atoms with Crippen LogP contribution in [0, 0.1) is 21.4 Å². The Morgan fingerprint density at radius 1 is 1.46 bits per heavy atom. The second-order valence-electron chi connectivity index (χ2n) is 2.31. The van der Waals surface area contributed by atoms with Crippen LogP contribution in [0.4, 0.5) is 0 Å². The van der Waals surface area contributed by atoms with Crippen LogP contribution in [0.2, 0.25) is 0 Å². The first kappa shape index (κ1) is 8.94. The first-order valence-electron chi connectivity index (χ1n) is 3.55. The maximum Gasteiger partial charge on any atom is 0.252 e. The number of allylic oxidation sites excluding steroid dienone is 1. The van der Waals surface area contributed by atoms with Gasteiger partial charge in [-0.3, -0.25) is 10.1 Å². The van der Waals surface area contributed by atoms with Crippen molar-refractivity contribution < 1.29 is 4.92 Å². The Bertz CT molecular complexity index is 376. The number of nitrogens with zero attached hydrogens (tertiary/aromatic N) is 2.